The van der Waals surface area contributed by atoms with Gasteiger partial charge >= 0.3 is 6.18 Å². The van der Waals surface area contributed by atoms with E-state index in [-0.39, 0.29) is 5.69 Å². The SMILES string of the molecule is COc1ccccc1-c1cc(C(F)(F)F)on1. The van der Waals surface area contributed by atoms with Crippen molar-refractivity contribution in [3.63, 3.8) is 0 Å². The van der Waals surface area contributed by atoms with Gasteiger partial charge in [-0.15, -0.1) is 0 Å². The van der Waals surface area contributed by atoms with E-state index >= 15 is 0 Å². The van der Waals surface area contributed by atoms with Crippen LogP contribution in [0, 0.1) is 0 Å². The molecule has 2 rings (SSSR count). The Labute approximate surface area is 94.8 Å². The van der Waals surface area contributed by atoms with Crippen molar-refractivity contribution in [1.29, 1.82) is 0 Å². The van der Waals surface area contributed by atoms with Crippen LogP contribution in [0.3, 0.4) is 0 Å². The van der Waals surface area contributed by atoms with Gasteiger partial charge in [-0.05, 0) is 12.1 Å². The monoisotopic (exact) mass is 243 g/mol. The second kappa shape index (κ2) is 4.12. The highest BCUT2D eigenvalue weighted by molar-refractivity contribution is 5.66. The molecule has 0 saturated heterocycles. The molecule has 0 aliphatic heterocycles. The molecule has 0 saturated carbocycles. The zero-order valence-electron chi connectivity index (χ0n) is 8.78. The third kappa shape index (κ3) is 2.25. The summed E-state index contributed by atoms with van der Waals surface area (Å²) in [6.07, 6.45) is -4.53. The summed E-state index contributed by atoms with van der Waals surface area (Å²) in [5.41, 5.74) is 0.545. The maximum atomic E-state index is 12.3. The van der Waals surface area contributed by atoms with Crippen LogP contribution in [-0.2, 0) is 6.18 Å². The molecule has 90 valence electrons. The number of benzene rings is 1. The van der Waals surface area contributed by atoms with Crippen molar-refractivity contribution in [2.75, 3.05) is 7.11 Å². The second-order valence-electron chi connectivity index (χ2n) is 3.27. The van der Waals surface area contributed by atoms with Gasteiger partial charge in [-0.3, -0.25) is 0 Å². The maximum Gasteiger partial charge on any atom is 0.452 e. The first-order valence-corrected chi connectivity index (χ1v) is 4.69. The topological polar surface area (TPSA) is 35.3 Å². The summed E-state index contributed by atoms with van der Waals surface area (Å²) in [6, 6.07) is 7.48. The molecule has 6 heteroatoms. The van der Waals surface area contributed by atoms with E-state index in [1.165, 1.54) is 7.11 Å². The van der Waals surface area contributed by atoms with Gasteiger partial charge in [0.1, 0.15) is 11.4 Å². The average molecular weight is 243 g/mol. The maximum absolute atomic E-state index is 12.3. The Morgan fingerprint density at radius 2 is 1.94 bits per heavy atom. The van der Waals surface area contributed by atoms with Crippen molar-refractivity contribution >= 4 is 0 Å². The number of methoxy groups -OCH3 is 1. The highest BCUT2D eigenvalue weighted by atomic mass is 19.4. The van der Waals surface area contributed by atoms with Crippen LogP contribution in [0.15, 0.2) is 34.9 Å². The van der Waals surface area contributed by atoms with Gasteiger partial charge in [-0.2, -0.15) is 13.2 Å². The van der Waals surface area contributed by atoms with E-state index in [2.05, 4.69) is 9.68 Å². The lowest BCUT2D eigenvalue weighted by Crippen LogP contribution is -2.02. The first-order valence-electron chi connectivity index (χ1n) is 4.69. The van der Waals surface area contributed by atoms with Crippen molar-refractivity contribution < 1.29 is 22.4 Å². The molecule has 0 aliphatic rings. The third-order valence-electron chi connectivity index (χ3n) is 2.17. The molecule has 0 radical (unpaired) electrons. The summed E-state index contributed by atoms with van der Waals surface area (Å²) in [7, 11) is 1.43. The zero-order valence-corrected chi connectivity index (χ0v) is 8.78. The summed E-state index contributed by atoms with van der Waals surface area (Å²) < 4.78 is 46.3. The molecular weight excluding hydrogens is 235 g/mol. The van der Waals surface area contributed by atoms with Gasteiger partial charge < -0.3 is 9.26 Å². The molecule has 3 nitrogen and oxygen atoms in total. The molecule has 1 heterocycles. The summed E-state index contributed by atoms with van der Waals surface area (Å²) in [4.78, 5) is 0. The first-order chi connectivity index (χ1) is 8.02. The lowest BCUT2D eigenvalue weighted by molar-refractivity contribution is -0.155. The minimum absolute atomic E-state index is 0.0924. The molecule has 1 aromatic heterocycles. The predicted molar refractivity (Wildman–Crippen MR) is 53.5 cm³/mol. The van der Waals surface area contributed by atoms with Crippen LogP contribution in [0.4, 0.5) is 13.2 Å². The minimum Gasteiger partial charge on any atom is -0.496 e. The molecule has 0 N–H and O–H groups in total. The number of alkyl halides is 3. The van der Waals surface area contributed by atoms with Crippen molar-refractivity contribution in [3.8, 4) is 17.0 Å². The van der Waals surface area contributed by atoms with Crippen LogP contribution in [-0.4, -0.2) is 12.3 Å². The largest absolute Gasteiger partial charge is 0.496 e. The summed E-state index contributed by atoms with van der Waals surface area (Å²) in [6.45, 7) is 0. The third-order valence-corrected chi connectivity index (χ3v) is 2.17. The lowest BCUT2D eigenvalue weighted by atomic mass is 10.1. The van der Waals surface area contributed by atoms with Crippen LogP contribution in [0.25, 0.3) is 11.3 Å². The van der Waals surface area contributed by atoms with Gasteiger partial charge in [-0.1, -0.05) is 17.3 Å². The standard InChI is InChI=1S/C11H8F3NO2/c1-16-9-5-3-2-4-7(9)8-6-10(17-15-8)11(12,13)14/h2-6H,1H3. The molecule has 2 aromatic rings. The zero-order chi connectivity index (χ0) is 12.5. The summed E-state index contributed by atoms with van der Waals surface area (Å²) in [5.74, 6) is -0.687. The molecular formula is C11H8F3NO2. The molecule has 1 aromatic carbocycles. The normalized spacial score (nSPS) is 11.5. The molecule has 0 amide bonds. The van der Waals surface area contributed by atoms with E-state index in [1.54, 1.807) is 24.3 Å². The fraction of sp³-hybridized carbons (Fsp3) is 0.182. The van der Waals surface area contributed by atoms with Crippen molar-refractivity contribution in [2.45, 2.75) is 6.18 Å². The summed E-state index contributed by atoms with van der Waals surface area (Å²) >= 11 is 0. The highest BCUT2D eigenvalue weighted by Gasteiger charge is 2.36. The van der Waals surface area contributed by atoms with Gasteiger partial charge in [-0.25, -0.2) is 0 Å². The molecule has 0 unspecified atom stereocenters. The Bertz CT molecular complexity index is 519. The van der Waals surface area contributed by atoms with E-state index in [0.717, 1.165) is 6.07 Å². The van der Waals surface area contributed by atoms with Crippen LogP contribution < -0.4 is 4.74 Å². The molecule has 0 fully saturated rings. The first kappa shape index (κ1) is 11.5. The van der Waals surface area contributed by atoms with E-state index in [9.17, 15) is 13.2 Å². The number of aromatic nitrogens is 1. The minimum atomic E-state index is -4.53. The Kier molecular flexibility index (Phi) is 2.79. The van der Waals surface area contributed by atoms with Crippen LogP contribution in [0.1, 0.15) is 5.76 Å². The summed E-state index contributed by atoms with van der Waals surface area (Å²) in [5, 5.41) is 3.39. The second-order valence-corrected chi connectivity index (χ2v) is 3.27. The van der Waals surface area contributed by atoms with Crippen molar-refractivity contribution in [2.24, 2.45) is 0 Å². The Morgan fingerprint density at radius 1 is 1.24 bits per heavy atom. The van der Waals surface area contributed by atoms with Gasteiger partial charge in [0.25, 0.3) is 0 Å². The Balaban J connectivity index is 2.44. The van der Waals surface area contributed by atoms with Crippen LogP contribution in [0.2, 0.25) is 0 Å². The van der Waals surface area contributed by atoms with E-state index in [0.29, 0.717) is 11.3 Å². The number of hydrogen-bond acceptors (Lipinski definition) is 3. The Morgan fingerprint density at radius 3 is 2.53 bits per heavy atom. The van der Waals surface area contributed by atoms with Crippen LogP contribution >= 0.6 is 0 Å². The van der Waals surface area contributed by atoms with E-state index < -0.39 is 11.9 Å². The quantitative estimate of drug-likeness (QED) is 0.811. The molecule has 0 bridgehead atoms. The van der Waals surface area contributed by atoms with E-state index in [1.807, 2.05) is 0 Å². The molecule has 0 atom stereocenters. The predicted octanol–water partition coefficient (Wildman–Crippen LogP) is 3.37. The Hall–Kier alpha value is -1.98. The van der Waals surface area contributed by atoms with Crippen molar-refractivity contribution in [3.05, 3.63) is 36.1 Å². The number of rotatable bonds is 2. The number of para-hydroxylation sites is 1. The molecule has 17 heavy (non-hydrogen) atoms. The van der Waals surface area contributed by atoms with Gasteiger partial charge in [0.2, 0.25) is 5.76 Å². The number of nitrogens with zero attached hydrogens (tertiary/aromatic N) is 1. The van der Waals surface area contributed by atoms with Crippen molar-refractivity contribution in [1.82, 2.24) is 5.16 Å². The average Bonchev–Trinajstić information content (AvgIpc) is 2.77. The highest BCUT2D eigenvalue weighted by Crippen LogP contribution is 2.34. The fourth-order valence-electron chi connectivity index (χ4n) is 1.39. The smallest absolute Gasteiger partial charge is 0.452 e. The van der Waals surface area contributed by atoms with Gasteiger partial charge in [0.15, 0.2) is 0 Å². The number of ether oxygens (including phenoxy) is 1. The van der Waals surface area contributed by atoms with Crippen LogP contribution in [0.5, 0.6) is 5.75 Å². The number of halogens is 3. The molecule has 0 spiro atoms. The van der Waals surface area contributed by atoms with Gasteiger partial charge in [0, 0.05) is 11.6 Å². The fourth-order valence-corrected chi connectivity index (χ4v) is 1.39. The number of hydrogen-bond donors (Lipinski definition) is 0. The van der Waals surface area contributed by atoms with E-state index in [4.69, 9.17) is 4.74 Å². The lowest BCUT2D eigenvalue weighted by Gasteiger charge is -2.03. The molecule has 0 aliphatic carbocycles. The van der Waals surface area contributed by atoms with Gasteiger partial charge in [0.05, 0.1) is 7.11 Å².